The van der Waals surface area contributed by atoms with Crippen molar-refractivity contribution in [3.8, 4) is 0 Å². The van der Waals surface area contributed by atoms with Crippen LogP contribution in [0.15, 0.2) is 0 Å². The van der Waals surface area contributed by atoms with E-state index in [0.717, 1.165) is 0 Å². The van der Waals surface area contributed by atoms with Gasteiger partial charge in [0, 0.05) is 20.3 Å². The van der Waals surface area contributed by atoms with E-state index in [1.807, 2.05) is 0 Å². The molecule has 19 heavy (non-hydrogen) atoms. The summed E-state index contributed by atoms with van der Waals surface area (Å²) < 4.78 is 61.7. The zero-order valence-corrected chi connectivity index (χ0v) is 10.3. The number of pyridine rings is 1. The van der Waals surface area contributed by atoms with E-state index >= 15 is 0 Å². The van der Waals surface area contributed by atoms with Crippen LogP contribution in [0.25, 0.3) is 0 Å². The van der Waals surface area contributed by atoms with E-state index in [9.17, 15) is 17.6 Å². The summed E-state index contributed by atoms with van der Waals surface area (Å²) in [6.07, 6.45) is 0.411. The first-order chi connectivity index (χ1) is 9.07. The van der Waals surface area contributed by atoms with Crippen LogP contribution in [0.2, 0.25) is 0 Å². The van der Waals surface area contributed by atoms with Crippen molar-refractivity contribution in [1.82, 2.24) is 4.98 Å². The van der Waals surface area contributed by atoms with Crippen LogP contribution in [0.1, 0.15) is 6.42 Å². The van der Waals surface area contributed by atoms with Crippen LogP contribution in [0.4, 0.5) is 23.2 Å². The molecule has 0 fully saturated rings. The minimum Gasteiger partial charge on any atom is -0.382 e. The van der Waals surface area contributed by atoms with Crippen LogP contribution >= 0.6 is 0 Å². The minimum atomic E-state index is -1.68. The van der Waals surface area contributed by atoms with E-state index in [1.165, 1.54) is 7.11 Å². The molecule has 0 aromatic carbocycles. The van der Waals surface area contributed by atoms with Crippen molar-refractivity contribution in [2.45, 2.75) is 6.42 Å². The first kappa shape index (κ1) is 15.6. The van der Waals surface area contributed by atoms with Crippen LogP contribution in [0.5, 0.6) is 0 Å². The van der Waals surface area contributed by atoms with Crippen LogP contribution in [0.3, 0.4) is 0 Å². The van der Waals surface area contributed by atoms with Crippen molar-refractivity contribution in [3.63, 3.8) is 0 Å². The Morgan fingerprint density at radius 2 is 1.63 bits per heavy atom. The average molecular weight is 282 g/mol. The molecular weight excluding hydrogens is 268 g/mol. The Kier molecular flexibility index (Phi) is 6.51. The third-order valence-electron chi connectivity index (χ3n) is 2.20. The summed E-state index contributed by atoms with van der Waals surface area (Å²) in [5, 5.41) is 2.27. The van der Waals surface area contributed by atoms with Gasteiger partial charge in [0.25, 0.3) is 11.9 Å². The number of anilines is 1. The number of ether oxygens (including phenoxy) is 2. The van der Waals surface area contributed by atoms with Crippen LogP contribution in [-0.4, -0.2) is 38.5 Å². The summed E-state index contributed by atoms with van der Waals surface area (Å²) in [4.78, 5) is 2.45. The van der Waals surface area contributed by atoms with Crippen LogP contribution < -0.4 is 5.32 Å². The number of nitrogens with zero attached hydrogens (tertiary/aromatic N) is 1. The van der Waals surface area contributed by atoms with Gasteiger partial charge in [-0.15, -0.1) is 0 Å². The number of hydrogen-bond donors (Lipinski definition) is 1. The van der Waals surface area contributed by atoms with Gasteiger partial charge in [-0.3, -0.25) is 0 Å². The lowest BCUT2D eigenvalue weighted by Gasteiger charge is -2.09. The Labute approximate surface area is 107 Å². The molecule has 1 rings (SSSR count). The fraction of sp³-hybridized carbons (Fsp3) is 0.545. The van der Waals surface area contributed by atoms with Crippen LogP contribution in [-0.2, 0) is 9.47 Å². The Hall–Kier alpha value is -1.41. The zero-order valence-electron chi connectivity index (χ0n) is 10.3. The summed E-state index contributed by atoms with van der Waals surface area (Å²) in [7, 11) is 1.53. The maximum Gasteiger partial charge on any atom is 0.253 e. The minimum absolute atomic E-state index is 0.101. The summed E-state index contributed by atoms with van der Waals surface area (Å²) in [6.45, 7) is 1.27. The van der Waals surface area contributed by atoms with E-state index in [0.29, 0.717) is 26.2 Å². The smallest absolute Gasteiger partial charge is 0.253 e. The molecule has 0 unspecified atom stereocenters. The number of nitrogens with one attached hydrogen (secondary N) is 1. The second-order valence-corrected chi connectivity index (χ2v) is 3.58. The second-order valence-electron chi connectivity index (χ2n) is 3.58. The molecule has 0 bridgehead atoms. The summed E-state index contributed by atoms with van der Waals surface area (Å²) in [6, 6.07) is 0. The number of halogens is 4. The molecule has 0 radical (unpaired) electrons. The third kappa shape index (κ3) is 4.64. The number of methoxy groups -OCH3 is 1. The van der Waals surface area contributed by atoms with Gasteiger partial charge < -0.3 is 14.8 Å². The molecule has 0 atom stereocenters. The number of rotatable bonds is 8. The molecule has 108 valence electrons. The standard InChI is InChI=1S/C11H14F4N2O2/c1-18-5-6-19-4-2-3-16-9-7(12)10(14)17-11(15)8(9)13/h2-6H2,1H3,(H,16,17). The highest BCUT2D eigenvalue weighted by molar-refractivity contribution is 5.45. The Bertz CT molecular complexity index is 392. The Morgan fingerprint density at radius 1 is 1.00 bits per heavy atom. The topological polar surface area (TPSA) is 43.4 Å². The molecule has 0 saturated heterocycles. The molecule has 0 amide bonds. The van der Waals surface area contributed by atoms with E-state index in [2.05, 4.69) is 10.3 Å². The predicted octanol–water partition coefficient (Wildman–Crippen LogP) is 2.10. The average Bonchev–Trinajstić information content (AvgIpc) is 2.39. The van der Waals surface area contributed by atoms with E-state index in [4.69, 9.17) is 9.47 Å². The highest BCUT2D eigenvalue weighted by Gasteiger charge is 2.20. The summed E-state index contributed by atoms with van der Waals surface area (Å²) in [5.41, 5.74) is -0.859. The lowest BCUT2D eigenvalue weighted by atomic mass is 10.3. The largest absolute Gasteiger partial charge is 0.382 e. The van der Waals surface area contributed by atoms with Gasteiger partial charge >= 0.3 is 0 Å². The van der Waals surface area contributed by atoms with Gasteiger partial charge in [0.1, 0.15) is 5.69 Å². The van der Waals surface area contributed by atoms with Crippen molar-refractivity contribution in [2.75, 3.05) is 38.8 Å². The Balaban J connectivity index is 2.41. The molecule has 0 aliphatic rings. The lowest BCUT2D eigenvalue weighted by Crippen LogP contribution is -2.12. The van der Waals surface area contributed by atoms with E-state index in [1.54, 1.807) is 0 Å². The highest BCUT2D eigenvalue weighted by atomic mass is 19.2. The van der Waals surface area contributed by atoms with E-state index < -0.39 is 29.2 Å². The van der Waals surface area contributed by atoms with Gasteiger partial charge in [-0.2, -0.15) is 22.5 Å². The molecule has 0 aliphatic carbocycles. The SMILES string of the molecule is COCCOCCCNc1c(F)c(F)nc(F)c1F. The molecule has 1 aromatic rings. The molecule has 4 nitrogen and oxygen atoms in total. The van der Waals surface area contributed by atoms with E-state index in [-0.39, 0.29) is 6.54 Å². The highest BCUT2D eigenvalue weighted by Crippen LogP contribution is 2.21. The molecule has 1 aromatic heterocycles. The second kappa shape index (κ2) is 7.90. The fourth-order valence-electron chi connectivity index (χ4n) is 1.27. The first-order valence-electron chi connectivity index (χ1n) is 5.58. The monoisotopic (exact) mass is 282 g/mol. The summed E-state index contributed by atoms with van der Waals surface area (Å²) in [5.74, 6) is -6.45. The van der Waals surface area contributed by atoms with Crippen molar-refractivity contribution in [1.29, 1.82) is 0 Å². The maximum atomic E-state index is 13.2. The molecular formula is C11H14F4N2O2. The van der Waals surface area contributed by atoms with Gasteiger partial charge in [-0.05, 0) is 6.42 Å². The quantitative estimate of drug-likeness (QED) is 0.450. The van der Waals surface area contributed by atoms with Gasteiger partial charge in [0.2, 0.25) is 11.6 Å². The van der Waals surface area contributed by atoms with Crippen molar-refractivity contribution >= 4 is 5.69 Å². The first-order valence-corrected chi connectivity index (χ1v) is 5.58. The fourth-order valence-corrected chi connectivity index (χ4v) is 1.27. The molecule has 0 aliphatic heterocycles. The number of aromatic nitrogens is 1. The molecule has 1 heterocycles. The third-order valence-corrected chi connectivity index (χ3v) is 2.20. The Morgan fingerprint density at radius 3 is 2.21 bits per heavy atom. The molecule has 8 heteroatoms. The van der Waals surface area contributed by atoms with Crippen molar-refractivity contribution in [2.24, 2.45) is 0 Å². The van der Waals surface area contributed by atoms with Gasteiger partial charge in [-0.1, -0.05) is 0 Å². The molecule has 1 N–H and O–H groups in total. The lowest BCUT2D eigenvalue weighted by molar-refractivity contribution is 0.0705. The normalized spacial score (nSPS) is 10.8. The van der Waals surface area contributed by atoms with Crippen molar-refractivity contribution in [3.05, 3.63) is 23.5 Å². The molecule has 0 spiro atoms. The molecule has 0 saturated carbocycles. The number of hydrogen-bond acceptors (Lipinski definition) is 4. The van der Waals surface area contributed by atoms with Gasteiger partial charge in [0.15, 0.2) is 0 Å². The maximum absolute atomic E-state index is 13.2. The van der Waals surface area contributed by atoms with Gasteiger partial charge in [-0.25, -0.2) is 0 Å². The van der Waals surface area contributed by atoms with Crippen molar-refractivity contribution < 1.29 is 27.0 Å². The summed E-state index contributed by atoms with van der Waals surface area (Å²) >= 11 is 0. The van der Waals surface area contributed by atoms with Gasteiger partial charge in [0.05, 0.1) is 13.2 Å². The predicted molar refractivity (Wildman–Crippen MR) is 59.9 cm³/mol. The zero-order chi connectivity index (χ0) is 14.3. The van der Waals surface area contributed by atoms with Crippen LogP contribution in [0, 0.1) is 23.5 Å².